The van der Waals surface area contributed by atoms with Gasteiger partial charge in [0.05, 0.1) is 33.2 Å². The zero-order valence-corrected chi connectivity index (χ0v) is 15.4. The number of rotatable bonds is 4. The van der Waals surface area contributed by atoms with Crippen LogP contribution in [0.2, 0.25) is 0 Å². The normalized spacial score (nSPS) is 15.8. The van der Waals surface area contributed by atoms with E-state index in [2.05, 4.69) is 6.07 Å². The summed E-state index contributed by atoms with van der Waals surface area (Å²) in [5, 5.41) is 4.60. The van der Waals surface area contributed by atoms with Gasteiger partial charge in [-0.1, -0.05) is 23.8 Å². The van der Waals surface area contributed by atoms with E-state index in [4.69, 9.17) is 9.57 Å². The van der Waals surface area contributed by atoms with Crippen LogP contribution in [0.4, 0.5) is 4.79 Å². The number of benzene rings is 1. The lowest BCUT2D eigenvalue weighted by molar-refractivity contribution is -0.145. The molecule has 0 saturated carbocycles. The van der Waals surface area contributed by atoms with Crippen LogP contribution in [0, 0.1) is 13.8 Å². The molecule has 0 radical (unpaired) electrons. The molecule has 25 heavy (non-hydrogen) atoms. The summed E-state index contributed by atoms with van der Waals surface area (Å²) in [6.07, 6.45) is -0.260. The number of aryl methyl sites for hydroxylation is 2. The van der Waals surface area contributed by atoms with Gasteiger partial charge in [-0.25, -0.2) is 14.8 Å². The van der Waals surface area contributed by atoms with Gasteiger partial charge in [0.1, 0.15) is 0 Å². The lowest BCUT2D eigenvalue weighted by atomic mass is 10.0. The minimum absolute atomic E-state index is 0.127. The highest BCUT2D eigenvalue weighted by Crippen LogP contribution is 2.15. The fourth-order valence-electron chi connectivity index (χ4n) is 2.89. The molecule has 0 aromatic heterocycles. The van der Waals surface area contributed by atoms with Crippen LogP contribution in [-0.4, -0.2) is 67.0 Å². The highest BCUT2D eigenvalue weighted by atomic mass is 16.7. The van der Waals surface area contributed by atoms with Crippen LogP contribution in [0.1, 0.15) is 23.6 Å². The highest BCUT2D eigenvalue weighted by Gasteiger charge is 2.30. The Hall–Kier alpha value is -2.12. The van der Waals surface area contributed by atoms with Gasteiger partial charge in [-0.2, -0.15) is 5.06 Å². The van der Waals surface area contributed by atoms with Gasteiger partial charge >= 0.3 is 6.09 Å². The average molecular weight is 349 g/mol. The third-order valence-electron chi connectivity index (χ3n) is 4.28. The van der Waals surface area contributed by atoms with Gasteiger partial charge in [0.15, 0.2) is 0 Å². The molecule has 1 aliphatic heterocycles. The number of ether oxygens (including phenoxy) is 1. The van der Waals surface area contributed by atoms with E-state index < -0.39 is 6.09 Å². The van der Waals surface area contributed by atoms with Gasteiger partial charge < -0.3 is 9.57 Å². The van der Waals surface area contributed by atoms with Crippen molar-refractivity contribution in [1.82, 2.24) is 15.1 Å². The molecule has 7 nitrogen and oxygen atoms in total. The Morgan fingerprint density at radius 2 is 1.76 bits per heavy atom. The van der Waals surface area contributed by atoms with Crippen molar-refractivity contribution < 1.29 is 19.2 Å². The van der Waals surface area contributed by atoms with Gasteiger partial charge in [0.25, 0.3) is 0 Å². The fourth-order valence-corrected chi connectivity index (χ4v) is 2.89. The maximum absolute atomic E-state index is 12.9. The van der Waals surface area contributed by atoms with Crippen LogP contribution in [0.15, 0.2) is 18.2 Å². The summed E-state index contributed by atoms with van der Waals surface area (Å²) in [4.78, 5) is 30.4. The Morgan fingerprint density at radius 1 is 1.08 bits per heavy atom. The quantitative estimate of drug-likeness (QED) is 0.831. The van der Waals surface area contributed by atoms with Crippen LogP contribution in [-0.2, 0) is 20.8 Å². The number of nitrogens with zero attached hydrogens (tertiary/aromatic N) is 3. The largest absolute Gasteiger partial charge is 0.448 e. The van der Waals surface area contributed by atoms with Crippen molar-refractivity contribution in [2.75, 3.05) is 39.9 Å². The summed E-state index contributed by atoms with van der Waals surface area (Å²) in [5.41, 5.74) is 3.20. The second-order valence-corrected chi connectivity index (χ2v) is 6.06. The third kappa shape index (κ3) is 4.93. The van der Waals surface area contributed by atoms with Crippen molar-refractivity contribution in [3.63, 3.8) is 0 Å². The molecule has 0 unspecified atom stereocenters. The Labute approximate surface area is 149 Å². The molecule has 0 N–H and O–H groups in total. The molecule has 1 heterocycles. The summed E-state index contributed by atoms with van der Waals surface area (Å²) in [6, 6.07) is 6.02. The summed E-state index contributed by atoms with van der Waals surface area (Å²) in [5.74, 6) is -0.127. The lowest BCUT2D eigenvalue weighted by Crippen LogP contribution is -2.51. The molecular weight excluding hydrogens is 322 g/mol. The first-order chi connectivity index (χ1) is 12.0. The zero-order valence-electron chi connectivity index (χ0n) is 15.4. The Balaban J connectivity index is 2.17. The standard InChI is InChI=1S/C18H27N3O4/c1-5-25-18(23)21-11-9-19(24-4)8-10-20(21)17(22)13-16-7-6-14(2)12-15(16)3/h6-7,12H,5,8-11,13H2,1-4H3. The molecule has 0 spiro atoms. The number of carbonyl (C=O) groups excluding carboxylic acids is 2. The molecule has 1 aromatic carbocycles. The summed E-state index contributed by atoms with van der Waals surface area (Å²) in [6.45, 7) is 7.79. The third-order valence-corrected chi connectivity index (χ3v) is 4.28. The van der Waals surface area contributed by atoms with Gasteiger partial charge in [0, 0.05) is 13.1 Å². The second kappa shape index (κ2) is 8.82. The molecule has 2 amide bonds. The smallest absolute Gasteiger partial charge is 0.428 e. The molecule has 1 aromatic rings. The van der Waals surface area contributed by atoms with Crippen molar-refractivity contribution in [3.8, 4) is 0 Å². The first-order valence-corrected chi connectivity index (χ1v) is 8.56. The number of carbonyl (C=O) groups is 2. The van der Waals surface area contributed by atoms with Crippen molar-refractivity contribution in [2.45, 2.75) is 27.2 Å². The number of hydrogen-bond donors (Lipinski definition) is 0. The van der Waals surface area contributed by atoms with Gasteiger partial charge in [-0.05, 0) is 31.9 Å². The highest BCUT2D eigenvalue weighted by molar-refractivity contribution is 5.81. The van der Waals surface area contributed by atoms with Crippen LogP contribution < -0.4 is 0 Å². The SMILES string of the molecule is CCOC(=O)N1CCN(OC)CCN1C(=O)Cc1ccc(C)cc1C. The maximum Gasteiger partial charge on any atom is 0.428 e. The van der Waals surface area contributed by atoms with Crippen molar-refractivity contribution in [1.29, 1.82) is 0 Å². The van der Waals surface area contributed by atoms with Gasteiger partial charge in [-0.15, -0.1) is 0 Å². The van der Waals surface area contributed by atoms with E-state index in [9.17, 15) is 9.59 Å². The average Bonchev–Trinajstić information content (AvgIpc) is 2.80. The molecule has 2 rings (SSSR count). The minimum atomic E-state index is -0.505. The van der Waals surface area contributed by atoms with Crippen molar-refractivity contribution >= 4 is 12.0 Å². The van der Waals surface area contributed by atoms with E-state index in [1.165, 1.54) is 10.0 Å². The predicted octanol–water partition coefficient (Wildman–Crippen LogP) is 1.93. The van der Waals surface area contributed by atoms with E-state index in [0.29, 0.717) is 26.2 Å². The van der Waals surface area contributed by atoms with Crippen LogP contribution in [0.5, 0.6) is 0 Å². The lowest BCUT2D eigenvalue weighted by Gasteiger charge is -2.32. The molecule has 1 fully saturated rings. The number of hydrazine groups is 1. The van der Waals surface area contributed by atoms with E-state index >= 15 is 0 Å². The second-order valence-electron chi connectivity index (χ2n) is 6.06. The first-order valence-electron chi connectivity index (χ1n) is 8.56. The monoisotopic (exact) mass is 349 g/mol. The summed E-state index contributed by atoms with van der Waals surface area (Å²) in [7, 11) is 1.59. The number of hydroxylamine groups is 2. The minimum Gasteiger partial charge on any atom is -0.448 e. The van der Waals surface area contributed by atoms with E-state index in [1.54, 1.807) is 19.1 Å². The molecule has 1 aliphatic rings. The van der Waals surface area contributed by atoms with Crippen LogP contribution in [0.3, 0.4) is 0 Å². The molecule has 138 valence electrons. The molecule has 0 bridgehead atoms. The van der Waals surface area contributed by atoms with Crippen LogP contribution in [0.25, 0.3) is 0 Å². The first kappa shape index (κ1) is 19.2. The topological polar surface area (TPSA) is 62.3 Å². The van der Waals surface area contributed by atoms with E-state index in [1.807, 2.05) is 26.0 Å². The van der Waals surface area contributed by atoms with E-state index in [-0.39, 0.29) is 18.9 Å². The molecule has 7 heteroatoms. The zero-order chi connectivity index (χ0) is 18.4. The number of amides is 2. The Bertz CT molecular complexity index is 620. The van der Waals surface area contributed by atoms with Crippen molar-refractivity contribution in [3.05, 3.63) is 34.9 Å². The number of hydrogen-bond acceptors (Lipinski definition) is 5. The van der Waals surface area contributed by atoms with Crippen molar-refractivity contribution in [2.24, 2.45) is 0 Å². The summed E-state index contributed by atoms with van der Waals surface area (Å²) < 4.78 is 5.11. The maximum atomic E-state index is 12.9. The molecular formula is C18H27N3O4. The van der Waals surface area contributed by atoms with Gasteiger partial charge in [0.2, 0.25) is 5.91 Å². The molecule has 1 saturated heterocycles. The molecule has 0 atom stereocenters. The van der Waals surface area contributed by atoms with Crippen LogP contribution >= 0.6 is 0 Å². The van der Waals surface area contributed by atoms with E-state index in [0.717, 1.165) is 16.7 Å². The Morgan fingerprint density at radius 3 is 2.36 bits per heavy atom. The summed E-state index contributed by atoms with van der Waals surface area (Å²) >= 11 is 0. The fraction of sp³-hybridized carbons (Fsp3) is 0.556. The van der Waals surface area contributed by atoms with Gasteiger partial charge in [-0.3, -0.25) is 4.79 Å². The predicted molar refractivity (Wildman–Crippen MR) is 93.6 cm³/mol. The molecule has 0 aliphatic carbocycles. The Kier molecular flexibility index (Phi) is 6.78.